The van der Waals surface area contributed by atoms with Crippen molar-refractivity contribution in [2.75, 3.05) is 12.0 Å². The zero-order valence-electron chi connectivity index (χ0n) is 16.9. The summed E-state index contributed by atoms with van der Waals surface area (Å²) in [4.78, 5) is 33.0. The van der Waals surface area contributed by atoms with Crippen molar-refractivity contribution < 1.29 is 19.4 Å². The van der Waals surface area contributed by atoms with E-state index in [1.807, 2.05) is 11.4 Å². The zero-order chi connectivity index (χ0) is 23.3. The highest BCUT2D eigenvalue weighted by molar-refractivity contribution is 7.22. The van der Waals surface area contributed by atoms with Crippen LogP contribution in [0.25, 0.3) is 16.0 Å². The van der Waals surface area contributed by atoms with Crippen molar-refractivity contribution in [1.29, 1.82) is 0 Å². The summed E-state index contributed by atoms with van der Waals surface area (Å²) >= 11 is 15.0. The monoisotopic (exact) mass is 516 g/mol. The highest BCUT2D eigenvalue weighted by atomic mass is 35.5. The van der Waals surface area contributed by atoms with Crippen molar-refractivity contribution in [3.63, 3.8) is 0 Å². The highest BCUT2D eigenvalue weighted by Crippen LogP contribution is 2.46. The summed E-state index contributed by atoms with van der Waals surface area (Å²) in [6.07, 6.45) is 0. The van der Waals surface area contributed by atoms with Gasteiger partial charge in [-0.25, -0.2) is 4.98 Å². The third-order valence-corrected chi connectivity index (χ3v) is 7.74. The Labute approximate surface area is 206 Å². The standard InChI is InChI=1S/C23H14Cl2N2O4S2/c1-31-12-5-6-14(25)13(10-12)20(28)18-19(16-3-2-8-32-16)27(22(30)21(18)29)23-26-15-7-4-11(24)9-17(15)33-23/h2-10,19,28H,1H3/b20-18+. The molecule has 1 fully saturated rings. The lowest BCUT2D eigenvalue weighted by Crippen LogP contribution is -2.28. The van der Waals surface area contributed by atoms with Gasteiger partial charge in [0.05, 0.1) is 27.9 Å². The summed E-state index contributed by atoms with van der Waals surface area (Å²) in [5.74, 6) is -1.52. The summed E-state index contributed by atoms with van der Waals surface area (Å²) in [6.45, 7) is 0. The number of aromatic nitrogens is 1. The molecule has 2 aromatic carbocycles. The third kappa shape index (κ3) is 3.69. The number of hydrogen-bond donors (Lipinski definition) is 1. The van der Waals surface area contributed by atoms with E-state index >= 15 is 0 Å². The number of nitrogens with zero attached hydrogens (tertiary/aromatic N) is 2. The van der Waals surface area contributed by atoms with Crippen LogP contribution in [0.3, 0.4) is 0 Å². The molecule has 0 radical (unpaired) electrons. The number of halogens is 2. The second kappa shape index (κ2) is 8.46. The van der Waals surface area contributed by atoms with Crippen LogP contribution < -0.4 is 9.64 Å². The van der Waals surface area contributed by atoms with Crippen molar-refractivity contribution in [2.45, 2.75) is 6.04 Å². The molecule has 1 amide bonds. The van der Waals surface area contributed by atoms with Crippen LogP contribution in [0, 0.1) is 0 Å². The molecular formula is C23H14Cl2N2O4S2. The van der Waals surface area contributed by atoms with Gasteiger partial charge in [-0.15, -0.1) is 11.3 Å². The van der Waals surface area contributed by atoms with Gasteiger partial charge in [0, 0.05) is 15.5 Å². The average molecular weight is 517 g/mol. The molecule has 3 heterocycles. The van der Waals surface area contributed by atoms with E-state index in [-0.39, 0.29) is 21.9 Å². The Kier molecular flexibility index (Phi) is 5.62. The Balaban J connectivity index is 1.73. The summed E-state index contributed by atoms with van der Waals surface area (Å²) < 4.78 is 6.01. The van der Waals surface area contributed by atoms with Gasteiger partial charge >= 0.3 is 5.91 Å². The van der Waals surface area contributed by atoms with Crippen molar-refractivity contribution in [2.24, 2.45) is 0 Å². The molecule has 6 nitrogen and oxygen atoms in total. The molecule has 0 spiro atoms. The van der Waals surface area contributed by atoms with Gasteiger partial charge in [-0.1, -0.05) is 40.6 Å². The minimum atomic E-state index is -0.858. The number of ether oxygens (including phenoxy) is 1. The molecule has 0 saturated carbocycles. The first-order chi connectivity index (χ1) is 15.9. The van der Waals surface area contributed by atoms with Crippen LogP contribution in [0.4, 0.5) is 5.13 Å². The van der Waals surface area contributed by atoms with E-state index in [9.17, 15) is 14.7 Å². The maximum absolute atomic E-state index is 13.2. The van der Waals surface area contributed by atoms with Crippen LogP contribution in [0.5, 0.6) is 5.75 Å². The number of methoxy groups -OCH3 is 1. The number of Topliss-reactive ketones (excluding diaryl/α,β-unsaturated/α-hetero) is 1. The van der Waals surface area contributed by atoms with Crippen molar-refractivity contribution >= 4 is 78.7 Å². The third-order valence-electron chi connectivity index (χ3n) is 5.23. The van der Waals surface area contributed by atoms with E-state index < -0.39 is 17.7 Å². The number of aliphatic hydroxyl groups is 1. The van der Waals surface area contributed by atoms with Gasteiger partial charge in [0.2, 0.25) is 0 Å². The number of thiazole rings is 1. The number of hydrogen-bond acceptors (Lipinski definition) is 7. The predicted octanol–water partition coefficient (Wildman–Crippen LogP) is 6.30. The molecule has 10 heteroatoms. The SMILES string of the molecule is COc1ccc(Cl)c(/C(O)=C2\C(=O)C(=O)N(c3nc4ccc(Cl)cc4s3)C2c2cccs2)c1. The normalized spacial score (nSPS) is 17.8. The fourth-order valence-corrected chi connectivity index (χ4v) is 5.99. The Hall–Kier alpha value is -2.91. The van der Waals surface area contributed by atoms with Gasteiger partial charge in [0.1, 0.15) is 17.6 Å². The Morgan fingerprint density at radius 2 is 1.97 bits per heavy atom. The molecule has 5 rings (SSSR count). The van der Waals surface area contributed by atoms with Gasteiger partial charge in [-0.2, -0.15) is 0 Å². The number of fused-ring (bicyclic) bond motifs is 1. The average Bonchev–Trinajstić information content (AvgIpc) is 3.52. The number of thiophene rings is 1. The van der Waals surface area contributed by atoms with E-state index in [1.54, 1.807) is 36.4 Å². The zero-order valence-corrected chi connectivity index (χ0v) is 20.1. The molecule has 1 unspecified atom stereocenters. The van der Waals surface area contributed by atoms with Crippen LogP contribution in [-0.4, -0.2) is 28.9 Å². The molecule has 1 aliphatic rings. The van der Waals surface area contributed by atoms with E-state index in [2.05, 4.69) is 4.98 Å². The van der Waals surface area contributed by atoms with Gasteiger partial charge in [0.15, 0.2) is 5.13 Å². The first kappa shape index (κ1) is 21.9. The molecule has 0 bridgehead atoms. The quantitative estimate of drug-likeness (QED) is 0.195. The van der Waals surface area contributed by atoms with E-state index in [1.165, 1.54) is 40.7 Å². The maximum atomic E-state index is 13.2. The van der Waals surface area contributed by atoms with Gasteiger partial charge in [-0.3, -0.25) is 14.5 Å². The fraction of sp³-hybridized carbons (Fsp3) is 0.0870. The van der Waals surface area contributed by atoms with Crippen LogP contribution in [-0.2, 0) is 9.59 Å². The molecule has 4 aromatic rings. The smallest absolute Gasteiger partial charge is 0.301 e. The van der Waals surface area contributed by atoms with Crippen molar-refractivity contribution in [1.82, 2.24) is 4.98 Å². The topological polar surface area (TPSA) is 79.7 Å². The largest absolute Gasteiger partial charge is 0.507 e. The number of ketones is 1. The highest BCUT2D eigenvalue weighted by Gasteiger charge is 2.48. The van der Waals surface area contributed by atoms with Crippen LogP contribution in [0.15, 0.2) is 59.5 Å². The van der Waals surface area contributed by atoms with E-state index in [0.29, 0.717) is 26.3 Å². The minimum Gasteiger partial charge on any atom is -0.507 e. The lowest BCUT2D eigenvalue weighted by molar-refractivity contribution is -0.132. The first-order valence-corrected chi connectivity index (χ1v) is 12.1. The van der Waals surface area contributed by atoms with Gasteiger partial charge in [-0.05, 0) is 47.8 Å². The summed E-state index contributed by atoms with van der Waals surface area (Å²) in [6, 6.07) is 12.7. The fourth-order valence-electron chi connectivity index (χ4n) is 3.69. The molecule has 1 atom stereocenters. The molecule has 33 heavy (non-hydrogen) atoms. The Morgan fingerprint density at radius 1 is 1.15 bits per heavy atom. The first-order valence-electron chi connectivity index (χ1n) is 9.63. The van der Waals surface area contributed by atoms with E-state index in [4.69, 9.17) is 27.9 Å². The second-order valence-corrected chi connectivity index (χ2v) is 9.97. The van der Waals surface area contributed by atoms with Crippen LogP contribution in [0.1, 0.15) is 16.5 Å². The van der Waals surface area contributed by atoms with Crippen LogP contribution in [0.2, 0.25) is 10.0 Å². The van der Waals surface area contributed by atoms with Gasteiger partial charge in [0.25, 0.3) is 5.78 Å². The number of carbonyl (C=O) groups excluding carboxylic acids is 2. The number of carbonyl (C=O) groups is 2. The predicted molar refractivity (Wildman–Crippen MR) is 132 cm³/mol. The molecule has 1 aliphatic heterocycles. The molecular weight excluding hydrogens is 503 g/mol. The summed E-state index contributed by atoms with van der Waals surface area (Å²) in [5.41, 5.74) is 0.795. The molecule has 1 N–H and O–H groups in total. The number of anilines is 1. The Morgan fingerprint density at radius 3 is 2.70 bits per heavy atom. The minimum absolute atomic E-state index is 0.0603. The van der Waals surface area contributed by atoms with Gasteiger partial charge < -0.3 is 9.84 Å². The number of rotatable bonds is 4. The second-order valence-electron chi connectivity index (χ2n) is 7.14. The lowest BCUT2D eigenvalue weighted by atomic mass is 10.00. The number of benzene rings is 2. The number of aliphatic hydroxyl groups excluding tert-OH is 1. The molecule has 1 saturated heterocycles. The molecule has 2 aromatic heterocycles. The maximum Gasteiger partial charge on any atom is 0.301 e. The lowest BCUT2D eigenvalue weighted by Gasteiger charge is -2.21. The molecule has 0 aliphatic carbocycles. The Bertz CT molecular complexity index is 1450. The summed E-state index contributed by atoms with van der Waals surface area (Å²) in [7, 11) is 1.48. The van der Waals surface area contributed by atoms with E-state index in [0.717, 1.165) is 4.70 Å². The number of amides is 1. The van der Waals surface area contributed by atoms with Crippen molar-refractivity contribution in [3.8, 4) is 5.75 Å². The molecule has 166 valence electrons. The van der Waals surface area contributed by atoms with Crippen LogP contribution >= 0.6 is 45.9 Å². The summed E-state index contributed by atoms with van der Waals surface area (Å²) in [5, 5.41) is 14.2. The van der Waals surface area contributed by atoms with Crippen molar-refractivity contribution in [3.05, 3.63) is 80.0 Å².